The first-order valence-corrected chi connectivity index (χ1v) is 7.70. The third-order valence-electron chi connectivity index (χ3n) is 3.22. The molecule has 0 radical (unpaired) electrons. The molecule has 1 N–H and O–H groups in total. The van der Waals surface area contributed by atoms with Crippen molar-refractivity contribution < 1.29 is 14.2 Å². The van der Waals surface area contributed by atoms with Gasteiger partial charge < -0.3 is 24.4 Å². The molecule has 0 bridgehead atoms. The molecule has 0 aromatic heterocycles. The van der Waals surface area contributed by atoms with Crippen LogP contribution in [0, 0.1) is 0 Å². The van der Waals surface area contributed by atoms with Gasteiger partial charge >= 0.3 is 0 Å². The fourth-order valence-electron chi connectivity index (χ4n) is 1.88. The fourth-order valence-corrected chi connectivity index (χ4v) is 2.35. The van der Waals surface area contributed by atoms with Gasteiger partial charge in [-0.1, -0.05) is 15.9 Å². The number of rotatable bonds is 10. The van der Waals surface area contributed by atoms with E-state index in [2.05, 4.69) is 33.2 Å². The number of hydrogen-bond acceptors (Lipinski definition) is 5. The van der Waals surface area contributed by atoms with Crippen LogP contribution in [0.5, 0.6) is 11.5 Å². The van der Waals surface area contributed by atoms with E-state index in [0.717, 1.165) is 54.3 Å². The van der Waals surface area contributed by atoms with Crippen LogP contribution in [0.1, 0.15) is 5.56 Å². The SMILES string of the molecule is COCCN(C)CCNCc1cc(OC)c(OC)cc1Br. The van der Waals surface area contributed by atoms with E-state index in [9.17, 15) is 0 Å². The largest absolute Gasteiger partial charge is 0.493 e. The van der Waals surface area contributed by atoms with Gasteiger partial charge in [0.05, 0.1) is 20.8 Å². The summed E-state index contributed by atoms with van der Waals surface area (Å²) in [6.45, 7) is 4.38. The highest BCUT2D eigenvalue weighted by molar-refractivity contribution is 9.10. The number of methoxy groups -OCH3 is 3. The summed E-state index contributed by atoms with van der Waals surface area (Å²) in [5.41, 5.74) is 1.15. The number of likely N-dealkylation sites (N-methyl/N-ethyl adjacent to an activating group) is 1. The van der Waals surface area contributed by atoms with Gasteiger partial charge in [-0.05, 0) is 24.7 Å². The lowest BCUT2D eigenvalue weighted by Crippen LogP contribution is -2.31. The lowest BCUT2D eigenvalue weighted by atomic mass is 10.2. The highest BCUT2D eigenvalue weighted by atomic mass is 79.9. The zero-order valence-electron chi connectivity index (χ0n) is 13.2. The number of benzene rings is 1. The molecule has 0 aliphatic carbocycles. The van der Waals surface area contributed by atoms with E-state index in [4.69, 9.17) is 14.2 Å². The van der Waals surface area contributed by atoms with Crippen LogP contribution in [0.4, 0.5) is 0 Å². The highest BCUT2D eigenvalue weighted by Gasteiger charge is 2.09. The van der Waals surface area contributed by atoms with Gasteiger partial charge in [0.2, 0.25) is 0 Å². The maximum absolute atomic E-state index is 5.32. The van der Waals surface area contributed by atoms with Crippen LogP contribution in [-0.4, -0.2) is 59.5 Å². The van der Waals surface area contributed by atoms with Crippen molar-refractivity contribution in [3.63, 3.8) is 0 Å². The molecular weight excluding hydrogens is 336 g/mol. The Hall–Kier alpha value is -0.820. The Kier molecular flexibility index (Phi) is 8.68. The molecule has 0 aliphatic rings. The topological polar surface area (TPSA) is 43.0 Å². The van der Waals surface area contributed by atoms with E-state index >= 15 is 0 Å². The van der Waals surface area contributed by atoms with Crippen molar-refractivity contribution in [1.29, 1.82) is 0 Å². The van der Waals surface area contributed by atoms with Crippen molar-refractivity contribution in [3.8, 4) is 11.5 Å². The number of hydrogen-bond donors (Lipinski definition) is 1. The van der Waals surface area contributed by atoms with E-state index in [-0.39, 0.29) is 0 Å². The van der Waals surface area contributed by atoms with Gasteiger partial charge in [0, 0.05) is 37.8 Å². The summed E-state index contributed by atoms with van der Waals surface area (Å²) in [5, 5.41) is 3.43. The molecule has 21 heavy (non-hydrogen) atoms. The molecule has 0 aliphatic heterocycles. The summed E-state index contributed by atoms with van der Waals surface area (Å²) in [4.78, 5) is 2.24. The molecule has 1 rings (SSSR count). The van der Waals surface area contributed by atoms with Crippen molar-refractivity contribution in [2.75, 3.05) is 54.6 Å². The van der Waals surface area contributed by atoms with Crippen molar-refractivity contribution in [1.82, 2.24) is 10.2 Å². The zero-order chi connectivity index (χ0) is 15.7. The standard InChI is InChI=1S/C15H25BrN2O3/c1-18(7-8-19-2)6-5-17-11-12-9-14(20-3)15(21-4)10-13(12)16/h9-10,17H,5-8,11H2,1-4H3. The van der Waals surface area contributed by atoms with Gasteiger partial charge in [0.1, 0.15) is 0 Å². The van der Waals surface area contributed by atoms with Crippen molar-refractivity contribution in [2.24, 2.45) is 0 Å². The zero-order valence-corrected chi connectivity index (χ0v) is 14.8. The van der Waals surface area contributed by atoms with Gasteiger partial charge in [-0.25, -0.2) is 0 Å². The quantitative estimate of drug-likeness (QED) is 0.647. The normalized spacial score (nSPS) is 11.0. The van der Waals surface area contributed by atoms with E-state index in [1.54, 1.807) is 21.3 Å². The molecule has 120 valence electrons. The molecule has 0 saturated heterocycles. The molecule has 0 unspecified atom stereocenters. The number of nitrogens with zero attached hydrogens (tertiary/aromatic N) is 1. The van der Waals surface area contributed by atoms with E-state index < -0.39 is 0 Å². The van der Waals surface area contributed by atoms with E-state index in [0.29, 0.717) is 0 Å². The van der Waals surface area contributed by atoms with Crippen molar-refractivity contribution >= 4 is 15.9 Å². The average molecular weight is 361 g/mol. The molecule has 6 heteroatoms. The van der Waals surface area contributed by atoms with Gasteiger partial charge in [-0.2, -0.15) is 0 Å². The predicted octanol–water partition coefficient (Wildman–Crippen LogP) is 2.13. The van der Waals surface area contributed by atoms with Crippen LogP contribution in [0.25, 0.3) is 0 Å². The minimum atomic E-state index is 0.729. The Balaban J connectivity index is 2.45. The molecule has 0 spiro atoms. The van der Waals surface area contributed by atoms with Crippen LogP contribution in [0.3, 0.4) is 0 Å². The van der Waals surface area contributed by atoms with E-state index in [1.807, 2.05) is 12.1 Å². The average Bonchev–Trinajstić information content (AvgIpc) is 2.50. The Morgan fingerprint density at radius 3 is 2.38 bits per heavy atom. The Labute approximate surface area is 135 Å². The Morgan fingerprint density at radius 2 is 1.76 bits per heavy atom. The molecule has 0 amide bonds. The lowest BCUT2D eigenvalue weighted by Gasteiger charge is -2.17. The second kappa shape index (κ2) is 10.00. The summed E-state index contributed by atoms with van der Waals surface area (Å²) >= 11 is 3.56. The van der Waals surface area contributed by atoms with Gasteiger partial charge in [0.25, 0.3) is 0 Å². The van der Waals surface area contributed by atoms with Gasteiger partial charge in [-0.3, -0.25) is 0 Å². The lowest BCUT2D eigenvalue weighted by molar-refractivity contribution is 0.161. The summed E-state index contributed by atoms with van der Waals surface area (Å²) < 4.78 is 16.7. The highest BCUT2D eigenvalue weighted by Crippen LogP contribution is 2.33. The Morgan fingerprint density at radius 1 is 1.10 bits per heavy atom. The Bertz CT molecular complexity index is 430. The number of ether oxygens (including phenoxy) is 3. The third kappa shape index (κ3) is 6.22. The van der Waals surface area contributed by atoms with Crippen molar-refractivity contribution in [2.45, 2.75) is 6.54 Å². The smallest absolute Gasteiger partial charge is 0.161 e. The molecule has 0 atom stereocenters. The second-order valence-electron chi connectivity index (χ2n) is 4.77. The molecule has 1 aromatic rings. The molecule has 5 nitrogen and oxygen atoms in total. The molecule has 1 aromatic carbocycles. The van der Waals surface area contributed by atoms with Crippen LogP contribution in [0.15, 0.2) is 16.6 Å². The first-order chi connectivity index (χ1) is 10.1. The third-order valence-corrected chi connectivity index (χ3v) is 3.95. The molecule has 0 heterocycles. The summed E-state index contributed by atoms with van der Waals surface area (Å²) in [5.74, 6) is 1.47. The van der Waals surface area contributed by atoms with E-state index in [1.165, 1.54) is 0 Å². The number of nitrogens with one attached hydrogen (secondary N) is 1. The molecule has 0 saturated carbocycles. The fraction of sp³-hybridized carbons (Fsp3) is 0.600. The summed E-state index contributed by atoms with van der Waals surface area (Å²) in [7, 11) is 7.10. The minimum Gasteiger partial charge on any atom is -0.493 e. The monoisotopic (exact) mass is 360 g/mol. The first-order valence-electron chi connectivity index (χ1n) is 6.91. The summed E-state index contributed by atoms with van der Waals surface area (Å²) in [6.07, 6.45) is 0. The van der Waals surface area contributed by atoms with Gasteiger partial charge in [-0.15, -0.1) is 0 Å². The van der Waals surface area contributed by atoms with Crippen LogP contribution < -0.4 is 14.8 Å². The number of halogens is 1. The van der Waals surface area contributed by atoms with Crippen LogP contribution in [-0.2, 0) is 11.3 Å². The van der Waals surface area contributed by atoms with Crippen LogP contribution in [0.2, 0.25) is 0 Å². The van der Waals surface area contributed by atoms with Crippen LogP contribution >= 0.6 is 15.9 Å². The minimum absolute atomic E-state index is 0.729. The maximum atomic E-state index is 5.32. The maximum Gasteiger partial charge on any atom is 0.161 e. The molecular formula is C15H25BrN2O3. The molecule has 0 fully saturated rings. The van der Waals surface area contributed by atoms with Crippen molar-refractivity contribution in [3.05, 3.63) is 22.2 Å². The second-order valence-corrected chi connectivity index (χ2v) is 5.63. The predicted molar refractivity (Wildman–Crippen MR) is 88.3 cm³/mol. The van der Waals surface area contributed by atoms with Gasteiger partial charge in [0.15, 0.2) is 11.5 Å². The summed E-state index contributed by atoms with van der Waals surface area (Å²) in [6, 6.07) is 3.92. The first kappa shape index (κ1) is 18.2.